The van der Waals surface area contributed by atoms with Crippen LogP contribution in [-0.2, 0) is 11.3 Å². The lowest BCUT2D eigenvalue weighted by atomic mass is 10.1. The van der Waals surface area contributed by atoms with Gasteiger partial charge in [0.25, 0.3) is 0 Å². The third-order valence-electron chi connectivity index (χ3n) is 3.24. The van der Waals surface area contributed by atoms with Gasteiger partial charge in [0.15, 0.2) is 0 Å². The quantitative estimate of drug-likeness (QED) is 0.393. The number of hydrogen-bond donors (Lipinski definition) is 0. The average Bonchev–Trinajstić information content (AvgIpc) is 3.04. The molecular formula is C19H15NO2S. The van der Waals surface area contributed by atoms with Crippen LogP contribution in [0.3, 0.4) is 0 Å². The van der Waals surface area contributed by atoms with Crippen LogP contribution in [0.4, 0.5) is 0 Å². The first-order chi connectivity index (χ1) is 11.3. The second-order valence-electron chi connectivity index (χ2n) is 4.99. The van der Waals surface area contributed by atoms with Gasteiger partial charge in [-0.15, -0.1) is 11.3 Å². The van der Waals surface area contributed by atoms with Crippen molar-refractivity contribution >= 4 is 23.5 Å². The lowest BCUT2D eigenvalue weighted by Gasteiger charge is -1.97. The summed E-state index contributed by atoms with van der Waals surface area (Å²) in [5.41, 5.74) is 2.69. The first kappa shape index (κ1) is 15.2. The van der Waals surface area contributed by atoms with E-state index >= 15 is 0 Å². The molecule has 0 amide bonds. The van der Waals surface area contributed by atoms with Gasteiger partial charge in [-0.25, -0.2) is 4.79 Å². The van der Waals surface area contributed by atoms with Gasteiger partial charge in [0.1, 0.15) is 0 Å². The fraction of sp³-hybridized carbons (Fsp3) is 0.0526. The maximum Gasteiger partial charge on any atom is 0.365 e. The molecule has 0 unspecified atom stereocenters. The van der Waals surface area contributed by atoms with Gasteiger partial charge in [0.2, 0.25) is 0 Å². The second kappa shape index (κ2) is 7.51. The number of carbonyl (C=O) groups is 1. The zero-order chi connectivity index (χ0) is 15.9. The number of rotatable bonds is 5. The van der Waals surface area contributed by atoms with E-state index in [2.05, 4.69) is 23.4 Å². The van der Waals surface area contributed by atoms with Gasteiger partial charge in [-0.3, -0.25) is 0 Å². The highest BCUT2D eigenvalue weighted by atomic mass is 32.1. The SMILES string of the molecule is O=C(ON=Cc1csc(Cc2ccccc2)c1)c1ccccc1. The van der Waals surface area contributed by atoms with Crippen molar-refractivity contribution in [3.63, 3.8) is 0 Å². The van der Waals surface area contributed by atoms with E-state index in [9.17, 15) is 4.79 Å². The van der Waals surface area contributed by atoms with E-state index in [1.165, 1.54) is 10.4 Å². The molecule has 1 aromatic heterocycles. The van der Waals surface area contributed by atoms with Crippen LogP contribution in [0.2, 0.25) is 0 Å². The number of nitrogens with zero attached hydrogens (tertiary/aromatic N) is 1. The maximum atomic E-state index is 11.7. The largest absolute Gasteiger partial charge is 0.365 e. The Morgan fingerprint density at radius 2 is 1.74 bits per heavy atom. The summed E-state index contributed by atoms with van der Waals surface area (Å²) >= 11 is 1.67. The summed E-state index contributed by atoms with van der Waals surface area (Å²) in [6, 6.07) is 21.2. The zero-order valence-electron chi connectivity index (χ0n) is 12.4. The molecule has 0 radical (unpaired) electrons. The molecule has 0 bridgehead atoms. The fourth-order valence-electron chi connectivity index (χ4n) is 2.12. The first-order valence-electron chi connectivity index (χ1n) is 7.22. The third-order valence-corrected chi connectivity index (χ3v) is 4.20. The highest BCUT2D eigenvalue weighted by Gasteiger charge is 2.05. The molecule has 0 saturated carbocycles. The summed E-state index contributed by atoms with van der Waals surface area (Å²) in [7, 11) is 0. The molecule has 0 N–H and O–H groups in total. The van der Waals surface area contributed by atoms with Crippen LogP contribution >= 0.6 is 11.3 Å². The van der Waals surface area contributed by atoms with Crippen molar-refractivity contribution in [2.75, 3.05) is 0 Å². The first-order valence-corrected chi connectivity index (χ1v) is 8.10. The summed E-state index contributed by atoms with van der Waals surface area (Å²) < 4.78 is 0. The zero-order valence-corrected chi connectivity index (χ0v) is 13.2. The van der Waals surface area contributed by atoms with Gasteiger partial charge in [-0.2, -0.15) is 0 Å². The van der Waals surface area contributed by atoms with Gasteiger partial charge in [0, 0.05) is 16.9 Å². The smallest absolute Gasteiger partial charge is 0.313 e. The molecule has 0 aliphatic rings. The topological polar surface area (TPSA) is 38.7 Å². The summed E-state index contributed by atoms with van der Waals surface area (Å²) in [4.78, 5) is 17.9. The van der Waals surface area contributed by atoms with Crippen molar-refractivity contribution in [1.29, 1.82) is 0 Å². The van der Waals surface area contributed by atoms with Crippen LogP contribution in [-0.4, -0.2) is 12.2 Å². The fourth-order valence-corrected chi connectivity index (χ4v) is 2.99. The van der Waals surface area contributed by atoms with Crippen molar-refractivity contribution in [3.8, 4) is 0 Å². The standard InChI is InChI=1S/C19H15NO2S/c21-19(17-9-5-2-6-10-17)22-20-13-16-12-18(23-14-16)11-15-7-3-1-4-8-15/h1-10,12-14H,11H2. The van der Waals surface area contributed by atoms with Crippen molar-refractivity contribution in [1.82, 2.24) is 0 Å². The highest BCUT2D eigenvalue weighted by molar-refractivity contribution is 7.10. The molecule has 0 saturated heterocycles. The molecule has 3 nitrogen and oxygen atoms in total. The minimum absolute atomic E-state index is 0.457. The molecule has 0 fully saturated rings. The average molecular weight is 321 g/mol. The molecule has 0 aliphatic heterocycles. The van der Waals surface area contributed by atoms with Gasteiger partial charge in [-0.05, 0) is 29.1 Å². The van der Waals surface area contributed by atoms with Crippen LogP contribution in [0.5, 0.6) is 0 Å². The molecule has 4 heteroatoms. The number of hydrogen-bond acceptors (Lipinski definition) is 4. The second-order valence-corrected chi connectivity index (χ2v) is 5.98. The Labute approximate surface area is 138 Å². The molecule has 0 spiro atoms. The van der Waals surface area contributed by atoms with E-state index in [0.29, 0.717) is 5.56 Å². The van der Waals surface area contributed by atoms with Crippen LogP contribution in [0.25, 0.3) is 0 Å². The van der Waals surface area contributed by atoms with E-state index in [4.69, 9.17) is 4.84 Å². The van der Waals surface area contributed by atoms with Gasteiger partial charge >= 0.3 is 5.97 Å². The van der Waals surface area contributed by atoms with Crippen LogP contribution < -0.4 is 0 Å². The van der Waals surface area contributed by atoms with E-state index in [-0.39, 0.29) is 0 Å². The highest BCUT2D eigenvalue weighted by Crippen LogP contribution is 2.17. The normalized spacial score (nSPS) is 10.8. The molecule has 0 aliphatic carbocycles. The van der Waals surface area contributed by atoms with Crippen molar-refractivity contribution in [3.05, 3.63) is 93.7 Å². The summed E-state index contributed by atoms with van der Waals surface area (Å²) in [5.74, 6) is -0.457. The Morgan fingerprint density at radius 3 is 2.48 bits per heavy atom. The van der Waals surface area contributed by atoms with Crippen molar-refractivity contribution in [2.24, 2.45) is 5.16 Å². The summed E-state index contributed by atoms with van der Waals surface area (Å²) in [6.45, 7) is 0. The van der Waals surface area contributed by atoms with E-state index < -0.39 is 5.97 Å². The van der Waals surface area contributed by atoms with Gasteiger partial charge in [-0.1, -0.05) is 53.7 Å². The van der Waals surface area contributed by atoms with Crippen LogP contribution in [0, 0.1) is 0 Å². The van der Waals surface area contributed by atoms with E-state index in [0.717, 1.165) is 12.0 Å². The number of carbonyl (C=O) groups excluding carboxylic acids is 1. The molecule has 0 atom stereocenters. The predicted octanol–water partition coefficient (Wildman–Crippen LogP) is 4.53. The Morgan fingerprint density at radius 1 is 1.04 bits per heavy atom. The van der Waals surface area contributed by atoms with Crippen molar-refractivity contribution < 1.29 is 9.63 Å². The molecule has 3 aromatic rings. The Balaban J connectivity index is 1.57. The summed E-state index contributed by atoms with van der Waals surface area (Å²) in [6.07, 6.45) is 2.45. The van der Waals surface area contributed by atoms with Crippen molar-refractivity contribution in [2.45, 2.75) is 6.42 Å². The number of thiophene rings is 1. The Kier molecular flexibility index (Phi) is 4.96. The van der Waals surface area contributed by atoms with E-state index in [1.54, 1.807) is 41.8 Å². The molecule has 2 aromatic carbocycles. The number of oxime groups is 1. The van der Waals surface area contributed by atoms with Gasteiger partial charge < -0.3 is 4.84 Å². The molecular weight excluding hydrogens is 306 g/mol. The molecule has 3 rings (SSSR count). The lowest BCUT2D eigenvalue weighted by molar-refractivity contribution is 0.0519. The molecule has 23 heavy (non-hydrogen) atoms. The monoisotopic (exact) mass is 321 g/mol. The Bertz CT molecular complexity index is 795. The lowest BCUT2D eigenvalue weighted by Crippen LogP contribution is -2.00. The minimum atomic E-state index is -0.457. The number of benzene rings is 2. The molecule has 1 heterocycles. The van der Waals surface area contributed by atoms with Crippen LogP contribution in [0.15, 0.2) is 77.3 Å². The summed E-state index contributed by atoms with van der Waals surface area (Å²) in [5, 5.41) is 5.77. The predicted molar refractivity (Wildman–Crippen MR) is 93.0 cm³/mol. The van der Waals surface area contributed by atoms with Gasteiger partial charge in [0.05, 0.1) is 11.8 Å². The van der Waals surface area contributed by atoms with E-state index in [1.807, 2.05) is 29.6 Å². The molecule has 114 valence electrons. The third kappa shape index (κ3) is 4.37. The van der Waals surface area contributed by atoms with Crippen LogP contribution in [0.1, 0.15) is 26.4 Å². The minimum Gasteiger partial charge on any atom is -0.313 e. The Hall–Kier alpha value is -2.72. The maximum absolute atomic E-state index is 11.7.